The Labute approximate surface area is 142 Å². The van der Waals surface area contributed by atoms with Crippen molar-refractivity contribution in [1.82, 2.24) is 4.90 Å². The van der Waals surface area contributed by atoms with Crippen molar-refractivity contribution in [2.45, 2.75) is 33.2 Å². The molecule has 0 atom stereocenters. The lowest BCUT2D eigenvalue weighted by Crippen LogP contribution is -2.27. The van der Waals surface area contributed by atoms with Gasteiger partial charge >= 0.3 is 0 Å². The fraction of sp³-hybridized carbons (Fsp3) is 0.286. The number of nitrogens with zero attached hydrogens (tertiary/aromatic N) is 1. The van der Waals surface area contributed by atoms with Crippen molar-refractivity contribution < 1.29 is 9.21 Å². The van der Waals surface area contributed by atoms with Crippen molar-refractivity contribution in [3.8, 4) is 0 Å². The molecule has 0 saturated heterocycles. The maximum absolute atomic E-state index is 12.5. The predicted molar refractivity (Wildman–Crippen MR) is 96.9 cm³/mol. The summed E-state index contributed by atoms with van der Waals surface area (Å²) in [7, 11) is 1.85. The number of hydrogen-bond acceptors (Lipinski definition) is 2. The van der Waals surface area contributed by atoms with Crippen molar-refractivity contribution >= 4 is 16.9 Å². The second-order valence-corrected chi connectivity index (χ2v) is 6.36. The Kier molecular flexibility index (Phi) is 4.70. The lowest BCUT2D eigenvalue weighted by molar-refractivity contribution is -0.129. The molecule has 3 heteroatoms. The van der Waals surface area contributed by atoms with Gasteiger partial charge in [-0.15, -0.1) is 0 Å². The molecule has 0 fully saturated rings. The second-order valence-electron chi connectivity index (χ2n) is 6.36. The molecule has 0 aliphatic rings. The predicted octanol–water partition coefficient (Wildman–Crippen LogP) is 4.50. The van der Waals surface area contributed by atoms with E-state index in [0.29, 0.717) is 13.0 Å². The average molecular weight is 321 g/mol. The van der Waals surface area contributed by atoms with Crippen LogP contribution in [0.5, 0.6) is 0 Å². The minimum absolute atomic E-state index is 0.0952. The molecule has 1 heterocycles. The normalized spacial score (nSPS) is 11.0. The van der Waals surface area contributed by atoms with E-state index in [9.17, 15) is 4.79 Å². The van der Waals surface area contributed by atoms with E-state index in [0.717, 1.165) is 34.1 Å². The summed E-state index contributed by atoms with van der Waals surface area (Å²) in [5, 5.41) is 1.02. The Bertz CT molecular complexity index is 846. The average Bonchev–Trinajstić information content (AvgIpc) is 2.97. The third-order valence-corrected chi connectivity index (χ3v) is 4.43. The van der Waals surface area contributed by atoms with Crippen LogP contribution in [0.25, 0.3) is 11.0 Å². The molecule has 0 aliphatic heterocycles. The Balaban J connectivity index is 1.68. The minimum Gasteiger partial charge on any atom is -0.464 e. The monoisotopic (exact) mass is 321 g/mol. The molecule has 3 rings (SSSR count). The number of carbonyl (C=O) groups is 1. The molecule has 0 spiro atoms. The summed E-state index contributed by atoms with van der Waals surface area (Å²) in [5.74, 6) is 0.0952. The van der Waals surface area contributed by atoms with Crippen molar-refractivity contribution in [3.05, 3.63) is 71.0 Å². The summed E-state index contributed by atoms with van der Waals surface area (Å²) in [6.45, 7) is 4.80. The van der Waals surface area contributed by atoms with Crippen molar-refractivity contribution in [2.24, 2.45) is 0 Å². The number of aryl methyl sites for hydroxylation is 2. The van der Waals surface area contributed by atoms with Gasteiger partial charge in [0.15, 0.2) is 0 Å². The van der Waals surface area contributed by atoms with Crippen LogP contribution in [0.4, 0.5) is 0 Å². The quantitative estimate of drug-likeness (QED) is 0.693. The van der Waals surface area contributed by atoms with E-state index >= 15 is 0 Å². The van der Waals surface area contributed by atoms with Crippen molar-refractivity contribution in [3.63, 3.8) is 0 Å². The fourth-order valence-corrected chi connectivity index (χ4v) is 2.87. The maximum atomic E-state index is 12.5. The van der Waals surface area contributed by atoms with Gasteiger partial charge in [-0.05, 0) is 36.1 Å². The molecule has 0 aliphatic carbocycles. The molecule has 0 bridgehead atoms. The number of fused-ring (bicyclic) bond motifs is 1. The van der Waals surface area contributed by atoms with Crippen LogP contribution < -0.4 is 0 Å². The molecule has 0 radical (unpaired) electrons. The number of furan rings is 1. The molecule has 2 aromatic carbocycles. The minimum atomic E-state index is 0.0952. The van der Waals surface area contributed by atoms with Crippen LogP contribution in [0, 0.1) is 6.92 Å². The summed E-state index contributed by atoms with van der Waals surface area (Å²) in [4.78, 5) is 14.3. The van der Waals surface area contributed by atoms with Gasteiger partial charge in [-0.3, -0.25) is 4.79 Å². The zero-order valence-corrected chi connectivity index (χ0v) is 14.5. The van der Waals surface area contributed by atoms with Gasteiger partial charge in [0, 0.05) is 24.5 Å². The Morgan fingerprint density at radius 2 is 1.79 bits per heavy atom. The summed E-state index contributed by atoms with van der Waals surface area (Å²) in [6, 6.07) is 14.5. The molecule has 24 heavy (non-hydrogen) atoms. The lowest BCUT2D eigenvalue weighted by atomic mass is 10.1. The van der Waals surface area contributed by atoms with Crippen LogP contribution in [-0.4, -0.2) is 17.9 Å². The first-order valence-electron chi connectivity index (χ1n) is 8.35. The lowest BCUT2D eigenvalue weighted by Gasteiger charge is -2.17. The van der Waals surface area contributed by atoms with E-state index in [2.05, 4.69) is 31.2 Å². The highest BCUT2D eigenvalue weighted by atomic mass is 16.3. The maximum Gasteiger partial charge on any atom is 0.227 e. The number of rotatable bonds is 5. The highest BCUT2D eigenvalue weighted by Gasteiger charge is 2.14. The van der Waals surface area contributed by atoms with Crippen molar-refractivity contribution in [1.29, 1.82) is 0 Å². The summed E-state index contributed by atoms with van der Waals surface area (Å²) in [6.07, 6.45) is 3.09. The van der Waals surface area contributed by atoms with E-state index in [1.54, 1.807) is 11.2 Å². The van der Waals surface area contributed by atoms with Gasteiger partial charge in [-0.25, -0.2) is 0 Å². The first kappa shape index (κ1) is 16.3. The van der Waals surface area contributed by atoms with Crippen LogP contribution in [-0.2, 0) is 24.2 Å². The molecule has 1 amide bonds. The number of hydrogen-bond donors (Lipinski definition) is 0. The molecule has 0 N–H and O–H groups in total. The van der Waals surface area contributed by atoms with E-state index in [-0.39, 0.29) is 5.91 Å². The van der Waals surface area contributed by atoms with Gasteiger partial charge in [0.05, 0.1) is 12.7 Å². The molecular weight excluding hydrogens is 298 g/mol. The van der Waals surface area contributed by atoms with Crippen LogP contribution in [0.15, 0.2) is 53.1 Å². The Morgan fingerprint density at radius 3 is 2.50 bits per heavy atom. The van der Waals surface area contributed by atoms with E-state index in [1.165, 1.54) is 5.56 Å². The zero-order valence-electron chi connectivity index (χ0n) is 14.5. The van der Waals surface area contributed by atoms with Crippen molar-refractivity contribution in [2.75, 3.05) is 7.05 Å². The van der Waals surface area contributed by atoms with Gasteiger partial charge in [0.1, 0.15) is 5.58 Å². The molecule has 3 nitrogen and oxygen atoms in total. The van der Waals surface area contributed by atoms with Gasteiger partial charge in [-0.1, -0.05) is 43.3 Å². The fourth-order valence-electron chi connectivity index (χ4n) is 2.87. The Morgan fingerprint density at radius 1 is 1.08 bits per heavy atom. The smallest absolute Gasteiger partial charge is 0.227 e. The van der Waals surface area contributed by atoms with Gasteiger partial charge in [0.25, 0.3) is 0 Å². The van der Waals surface area contributed by atoms with Gasteiger partial charge in [0.2, 0.25) is 5.91 Å². The van der Waals surface area contributed by atoms with E-state index in [4.69, 9.17) is 4.42 Å². The molecular formula is C21H23NO2. The topological polar surface area (TPSA) is 33.5 Å². The number of amides is 1. The molecule has 1 aromatic heterocycles. The standard InChI is InChI=1S/C21H23NO2/c1-4-16-6-8-17(9-7-16)13-22(3)21(23)12-18-14-24-20-11-15(2)5-10-19(18)20/h5-11,14H,4,12-13H2,1-3H3. The third kappa shape index (κ3) is 3.51. The highest BCUT2D eigenvalue weighted by Crippen LogP contribution is 2.23. The SMILES string of the molecule is CCc1ccc(CN(C)C(=O)Cc2coc3cc(C)ccc23)cc1. The first-order chi connectivity index (χ1) is 11.6. The highest BCUT2D eigenvalue weighted by molar-refractivity contribution is 5.87. The van der Waals surface area contributed by atoms with Crippen LogP contribution in [0.2, 0.25) is 0 Å². The molecule has 0 saturated carbocycles. The van der Waals surface area contributed by atoms with Gasteiger partial charge < -0.3 is 9.32 Å². The third-order valence-electron chi connectivity index (χ3n) is 4.43. The van der Waals surface area contributed by atoms with Crippen LogP contribution in [0.3, 0.4) is 0 Å². The zero-order chi connectivity index (χ0) is 17.1. The molecule has 124 valence electrons. The summed E-state index contributed by atoms with van der Waals surface area (Å²) >= 11 is 0. The first-order valence-corrected chi connectivity index (χ1v) is 8.35. The van der Waals surface area contributed by atoms with E-state index < -0.39 is 0 Å². The number of benzene rings is 2. The van der Waals surface area contributed by atoms with Crippen LogP contribution >= 0.6 is 0 Å². The van der Waals surface area contributed by atoms with Gasteiger partial charge in [-0.2, -0.15) is 0 Å². The second kappa shape index (κ2) is 6.91. The Hall–Kier alpha value is -2.55. The van der Waals surface area contributed by atoms with E-state index in [1.807, 2.05) is 32.2 Å². The summed E-state index contributed by atoms with van der Waals surface area (Å²) < 4.78 is 5.58. The number of likely N-dealkylation sites (N-methyl/N-ethyl adjacent to an activating group) is 1. The largest absolute Gasteiger partial charge is 0.464 e. The number of carbonyl (C=O) groups excluding carboxylic acids is 1. The molecule has 0 unspecified atom stereocenters. The summed E-state index contributed by atoms with van der Waals surface area (Å²) in [5.41, 5.74) is 5.41. The van der Waals surface area contributed by atoms with Crippen LogP contribution in [0.1, 0.15) is 29.2 Å². The molecule has 3 aromatic rings.